The summed E-state index contributed by atoms with van der Waals surface area (Å²) < 4.78 is 0. The Morgan fingerprint density at radius 3 is 2.50 bits per heavy atom. The summed E-state index contributed by atoms with van der Waals surface area (Å²) in [7, 11) is 0. The minimum atomic E-state index is -0.912. The van der Waals surface area contributed by atoms with Crippen LogP contribution in [0.15, 0.2) is 24.3 Å². The Labute approximate surface area is 125 Å². The fourth-order valence-corrected chi connectivity index (χ4v) is 2.54. The van der Waals surface area contributed by atoms with Gasteiger partial charge in [-0.3, -0.25) is 4.79 Å². The van der Waals surface area contributed by atoms with Crippen molar-refractivity contribution in [3.63, 3.8) is 0 Å². The molecule has 3 nitrogen and oxygen atoms in total. The van der Waals surface area contributed by atoms with Crippen molar-refractivity contribution >= 4 is 16.9 Å². The average molecular weight is 296 g/mol. The zero-order chi connectivity index (χ0) is 15.3. The minimum absolute atomic E-state index is 0.00512. The van der Waals surface area contributed by atoms with Gasteiger partial charge in [0.05, 0.1) is 6.10 Å². The highest BCUT2D eigenvalue weighted by atomic mass is 32.2. The normalized spacial score (nSPS) is 14.9. The highest BCUT2D eigenvalue weighted by molar-refractivity contribution is 8.13. The van der Waals surface area contributed by atoms with Crippen LogP contribution in [0.2, 0.25) is 0 Å². The lowest BCUT2D eigenvalue weighted by atomic mass is 9.85. The van der Waals surface area contributed by atoms with Gasteiger partial charge in [0.1, 0.15) is 6.10 Å². The summed E-state index contributed by atoms with van der Waals surface area (Å²) in [6, 6.07) is 7.68. The zero-order valence-corrected chi connectivity index (χ0v) is 13.4. The van der Waals surface area contributed by atoms with Gasteiger partial charge in [0, 0.05) is 12.7 Å². The fourth-order valence-electron chi connectivity index (χ4n) is 1.89. The van der Waals surface area contributed by atoms with E-state index in [4.69, 9.17) is 0 Å². The van der Waals surface area contributed by atoms with Gasteiger partial charge in [0.2, 0.25) is 0 Å². The van der Waals surface area contributed by atoms with E-state index in [0.29, 0.717) is 12.2 Å². The van der Waals surface area contributed by atoms with Gasteiger partial charge in [0.25, 0.3) is 0 Å². The second-order valence-electron chi connectivity index (χ2n) is 6.02. The van der Waals surface area contributed by atoms with Crippen LogP contribution in [-0.2, 0) is 10.2 Å². The molecular formula is C16H24O3S. The number of carbonyl (C=O) groups is 1. The van der Waals surface area contributed by atoms with Gasteiger partial charge >= 0.3 is 0 Å². The van der Waals surface area contributed by atoms with Crippen LogP contribution in [0.3, 0.4) is 0 Å². The average Bonchev–Trinajstić information content (AvgIpc) is 2.36. The molecular weight excluding hydrogens is 272 g/mol. The van der Waals surface area contributed by atoms with Crippen LogP contribution in [0.5, 0.6) is 0 Å². The van der Waals surface area contributed by atoms with Crippen LogP contribution in [0, 0.1) is 0 Å². The summed E-state index contributed by atoms with van der Waals surface area (Å²) in [5, 5.41) is 20.2. The summed E-state index contributed by atoms with van der Waals surface area (Å²) in [4.78, 5) is 10.8. The van der Waals surface area contributed by atoms with E-state index < -0.39 is 12.2 Å². The minimum Gasteiger partial charge on any atom is -0.390 e. The van der Waals surface area contributed by atoms with E-state index in [1.165, 1.54) is 18.7 Å². The highest BCUT2D eigenvalue weighted by Gasteiger charge is 2.21. The maximum atomic E-state index is 10.8. The molecule has 0 radical (unpaired) electrons. The molecule has 0 heterocycles. The molecule has 1 rings (SSSR count). The molecule has 0 saturated heterocycles. The number of carbonyl (C=O) groups excluding carboxylic acids is 1. The van der Waals surface area contributed by atoms with E-state index in [1.807, 2.05) is 24.3 Å². The van der Waals surface area contributed by atoms with Gasteiger partial charge in [-0.15, -0.1) is 0 Å². The third kappa shape index (κ3) is 5.27. The summed E-state index contributed by atoms with van der Waals surface area (Å²) in [5.41, 5.74) is 1.85. The van der Waals surface area contributed by atoms with Crippen molar-refractivity contribution in [2.75, 3.05) is 5.75 Å². The van der Waals surface area contributed by atoms with Gasteiger partial charge < -0.3 is 10.2 Å². The molecule has 0 aliphatic carbocycles. The van der Waals surface area contributed by atoms with Crippen LogP contribution in [0.1, 0.15) is 51.3 Å². The van der Waals surface area contributed by atoms with Crippen LogP contribution in [0.4, 0.5) is 0 Å². The SMILES string of the molecule is CC(=O)SCCC(O)C(O)c1cccc(C(C)(C)C)c1. The molecule has 0 aliphatic rings. The molecule has 4 heteroatoms. The first-order chi connectivity index (χ1) is 9.21. The molecule has 112 valence electrons. The van der Waals surface area contributed by atoms with E-state index in [-0.39, 0.29) is 10.5 Å². The molecule has 0 amide bonds. The van der Waals surface area contributed by atoms with Crippen molar-refractivity contribution in [2.24, 2.45) is 0 Å². The first-order valence-electron chi connectivity index (χ1n) is 6.81. The second-order valence-corrected chi connectivity index (χ2v) is 7.29. The number of aliphatic hydroxyl groups excluding tert-OH is 2. The Balaban J connectivity index is 2.71. The van der Waals surface area contributed by atoms with E-state index in [2.05, 4.69) is 20.8 Å². The predicted molar refractivity (Wildman–Crippen MR) is 83.9 cm³/mol. The number of aliphatic hydroxyl groups is 2. The van der Waals surface area contributed by atoms with Crippen molar-refractivity contribution in [1.82, 2.24) is 0 Å². The van der Waals surface area contributed by atoms with Crippen LogP contribution >= 0.6 is 11.8 Å². The molecule has 0 bridgehead atoms. The first kappa shape index (κ1) is 17.2. The zero-order valence-electron chi connectivity index (χ0n) is 12.6. The topological polar surface area (TPSA) is 57.5 Å². The molecule has 20 heavy (non-hydrogen) atoms. The Hall–Kier alpha value is -0.840. The lowest BCUT2D eigenvalue weighted by molar-refractivity contribution is -0.109. The van der Waals surface area contributed by atoms with Gasteiger partial charge in [0.15, 0.2) is 5.12 Å². The molecule has 2 atom stereocenters. The molecule has 0 saturated carbocycles. The number of benzene rings is 1. The Bertz CT molecular complexity index is 451. The highest BCUT2D eigenvalue weighted by Crippen LogP contribution is 2.27. The summed E-state index contributed by atoms with van der Waals surface area (Å²) in [6.45, 7) is 7.83. The molecule has 0 fully saturated rings. The monoisotopic (exact) mass is 296 g/mol. The van der Waals surface area contributed by atoms with Gasteiger partial charge in [-0.1, -0.05) is 56.8 Å². The van der Waals surface area contributed by atoms with Crippen LogP contribution in [0.25, 0.3) is 0 Å². The van der Waals surface area contributed by atoms with E-state index in [1.54, 1.807) is 0 Å². The number of rotatable bonds is 5. The van der Waals surface area contributed by atoms with Crippen molar-refractivity contribution in [3.05, 3.63) is 35.4 Å². The van der Waals surface area contributed by atoms with Crippen molar-refractivity contribution in [1.29, 1.82) is 0 Å². The number of thioether (sulfide) groups is 1. The van der Waals surface area contributed by atoms with E-state index in [9.17, 15) is 15.0 Å². The number of hydrogen-bond acceptors (Lipinski definition) is 4. The Kier molecular flexibility index (Phi) is 6.24. The van der Waals surface area contributed by atoms with Gasteiger partial charge in [-0.05, 0) is 23.0 Å². The lowest BCUT2D eigenvalue weighted by Crippen LogP contribution is -2.20. The lowest BCUT2D eigenvalue weighted by Gasteiger charge is -2.23. The van der Waals surface area contributed by atoms with Crippen LogP contribution in [-0.4, -0.2) is 27.2 Å². The van der Waals surface area contributed by atoms with Crippen molar-refractivity contribution in [3.8, 4) is 0 Å². The summed E-state index contributed by atoms with van der Waals surface area (Å²) in [6.07, 6.45) is -1.37. The summed E-state index contributed by atoms with van der Waals surface area (Å²) >= 11 is 1.17. The molecule has 2 N–H and O–H groups in total. The smallest absolute Gasteiger partial charge is 0.185 e. The molecule has 1 aromatic rings. The Morgan fingerprint density at radius 1 is 1.30 bits per heavy atom. The van der Waals surface area contributed by atoms with E-state index in [0.717, 1.165) is 11.1 Å². The van der Waals surface area contributed by atoms with Crippen molar-refractivity contribution < 1.29 is 15.0 Å². The Morgan fingerprint density at radius 2 is 1.95 bits per heavy atom. The third-order valence-corrected chi connectivity index (χ3v) is 4.02. The summed E-state index contributed by atoms with van der Waals surface area (Å²) in [5.74, 6) is 0.520. The van der Waals surface area contributed by atoms with Crippen molar-refractivity contribution in [2.45, 2.75) is 51.7 Å². The predicted octanol–water partition coefficient (Wildman–Crippen LogP) is 3.05. The molecule has 2 unspecified atom stereocenters. The molecule has 1 aromatic carbocycles. The van der Waals surface area contributed by atoms with Gasteiger partial charge in [-0.25, -0.2) is 0 Å². The second kappa shape index (κ2) is 7.25. The maximum absolute atomic E-state index is 10.8. The molecule has 0 spiro atoms. The molecule has 0 aliphatic heterocycles. The van der Waals surface area contributed by atoms with Gasteiger partial charge in [-0.2, -0.15) is 0 Å². The molecule has 0 aromatic heterocycles. The fraction of sp³-hybridized carbons (Fsp3) is 0.562. The standard InChI is InChI=1S/C16H24O3S/c1-11(17)20-9-8-14(18)15(19)12-6-5-7-13(10-12)16(2,3)4/h5-7,10,14-15,18-19H,8-9H2,1-4H3. The first-order valence-corrected chi connectivity index (χ1v) is 7.80. The number of hydrogen-bond donors (Lipinski definition) is 2. The quantitative estimate of drug-likeness (QED) is 0.877. The largest absolute Gasteiger partial charge is 0.390 e. The third-order valence-electron chi connectivity index (χ3n) is 3.18. The maximum Gasteiger partial charge on any atom is 0.185 e. The van der Waals surface area contributed by atoms with Crippen LogP contribution < -0.4 is 0 Å². The van der Waals surface area contributed by atoms with E-state index >= 15 is 0 Å².